The van der Waals surface area contributed by atoms with Gasteiger partial charge in [0.1, 0.15) is 0 Å². The molecule has 0 unspecified atom stereocenters. The van der Waals surface area contributed by atoms with E-state index in [2.05, 4.69) is 10.3 Å². The second-order valence-corrected chi connectivity index (χ2v) is 3.45. The Morgan fingerprint density at radius 2 is 2.33 bits per heavy atom. The summed E-state index contributed by atoms with van der Waals surface area (Å²) >= 11 is 0. The zero-order valence-corrected chi connectivity index (χ0v) is 7.88. The van der Waals surface area contributed by atoms with E-state index in [1.807, 2.05) is 0 Å². The maximum atomic E-state index is 11.1. The maximum Gasteiger partial charge on any atom is 0.309 e. The fourth-order valence-electron chi connectivity index (χ4n) is 1.72. The number of carboxylic acids is 1. The van der Waals surface area contributed by atoms with Crippen LogP contribution in [0, 0.1) is 5.92 Å². The SMILES string of the molecule is O=C1C[C@H](C(=O)O)[C@@H](c2ccccn2)N1. The van der Waals surface area contributed by atoms with Crippen molar-refractivity contribution in [2.45, 2.75) is 12.5 Å². The first kappa shape index (κ1) is 9.64. The lowest BCUT2D eigenvalue weighted by Crippen LogP contribution is -2.25. The number of pyridine rings is 1. The van der Waals surface area contributed by atoms with Crippen molar-refractivity contribution < 1.29 is 14.7 Å². The van der Waals surface area contributed by atoms with Crippen LogP contribution in [0.2, 0.25) is 0 Å². The molecule has 1 fully saturated rings. The summed E-state index contributed by atoms with van der Waals surface area (Å²) in [5.74, 6) is -1.92. The number of aromatic nitrogens is 1. The zero-order chi connectivity index (χ0) is 10.8. The highest BCUT2D eigenvalue weighted by Crippen LogP contribution is 2.28. The standard InChI is InChI=1S/C10H10N2O3/c13-8-5-6(10(14)15)9(12-8)7-3-1-2-4-11-7/h1-4,6,9H,5H2,(H,12,13)(H,14,15)/t6-,9-/m0/s1. The Labute approximate surface area is 86.1 Å². The van der Waals surface area contributed by atoms with Gasteiger partial charge in [0, 0.05) is 12.6 Å². The number of hydrogen-bond donors (Lipinski definition) is 2. The third kappa shape index (κ3) is 1.81. The molecule has 0 radical (unpaired) electrons. The van der Waals surface area contributed by atoms with E-state index >= 15 is 0 Å². The van der Waals surface area contributed by atoms with Crippen LogP contribution in [0.15, 0.2) is 24.4 Å². The monoisotopic (exact) mass is 206 g/mol. The van der Waals surface area contributed by atoms with E-state index in [9.17, 15) is 9.59 Å². The summed E-state index contributed by atoms with van der Waals surface area (Å²) < 4.78 is 0. The minimum absolute atomic E-state index is 0.0244. The second kappa shape index (κ2) is 3.68. The summed E-state index contributed by atoms with van der Waals surface area (Å²) in [6.45, 7) is 0. The summed E-state index contributed by atoms with van der Waals surface area (Å²) in [6, 6.07) is 4.73. The number of nitrogens with one attached hydrogen (secondary N) is 1. The Morgan fingerprint density at radius 1 is 1.53 bits per heavy atom. The first-order chi connectivity index (χ1) is 7.18. The van der Waals surface area contributed by atoms with Gasteiger partial charge in [0.2, 0.25) is 5.91 Å². The minimum atomic E-state index is -0.969. The predicted molar refractivity (Wildman–Crippen MR) is 50.9 cm³/mol. The van der Waals surface area contributed by atoms with E-state index in [1.54, 1.807) is 24.4 Å². The second-order valence-electron chi connectivity index (χ2n) is 3.45. The Balaban J connectivity index is 2.28. The van der Waals surface area contributed by atoms with Crippen LogP contribution in [-0.4, -0.2) is 22.0 Å². The molecule has 0 aromatic carbocycles. The maximum absolute atomic E-state index is 11.1. The minimum Gasteiger partial charge on any atom is -0.481 e. The molecule has 5 heteroatoms. The number of rotatable bonds is 2. The molecule has 2 N–H and O–H groups in total. The van der Waals surface area contributed by atoms with Crippen molar-refractivity contribution in [2.75, 3.05) is 0 Å². The van der Waals surface area contributed by atoms with Crippen LogP contribution >= 0.6 is 0 Å². The fraction of sp³-hybridized carbons (Fsp3) is 0.300. The fourth-order valence-corrected chi connectivity index (χ4v) is 1.72. The van der Waals surface area contributed by atoms with Gasteiger partial charge >= 0.3 is 5.97 Å². The van der Waals surface area contributed by atoms with Crippen molar-refractivity contribution in [2.24, 2.45) is 5.92 Å². The zero-order valence-electron chi connectivity index (χ0n) is 7.88. The molecule has 15 heavy (non-hydrogen) atoms. The molecule has 1 amide bonds. The number of carbonyl (C=O) groups excluding carboxylic acids is 1. The number of nitrogens with zero attached hydrogens (tertiary/aromatic N) is 1. The lowest BCUT2D eigenvalue weighted by Gasteiger charge is -2.13. The highest BCUT2D eigenvalue weighted by atomic mass is 16.4. The molecule has 2 heterocycles. The van der Waals surface area contributed by atoms with Crippen molar-refractivity contribution >= 4 is 11.9 Å². The lowest BCUT2D eigenvalue weighted by molar-refractivity contribution is -0.142. The van der Waals surface area contributed by atoms with Crippen LogP contribution in [0.25, 0.3) is 0 Å². The molecule has 1 aliphatic heterocycles. The van der Waals surface area contributed by atoms with Crippen molar-refractivity contribution in [1.29, 1.82) is 0 Å². The molecule has 1 aromatic rings. The molecule has 1 saturated heterocycles. The van der Waals surface area contributed by atoms with Crippen molar-refractivity contribution in [3.05, 3.63) is 30.1 Å². The van der Waals surface area contributed by atoms with Crippen molar-refractivity contribution in [1.82, 2.24) is 10.3 Å². The Morgan fingerprint density at radius 3 is 2.93 bits per heavy atom. The van der Waals surface area contributed by atoms with Crippen LogP contribution in [-0.2, 0) is 9.59 Å². The van der Waals surface area contributed by atoms with E-state index in [0.29, 0.717) is 5.69 Å². The molecule has 0 spiro atoms. The average Bonchev–Trinajstić information content (AvgIpc) is 2.62. The average molecular weight is 206 g/mol. The molecule has 1 aromatic heterocycles. The normalized spacial score (nSPS) is 24.9. The summed E-state index contributed by atoms with van der Waals surface area (Å²) in [7, 11) is 0. The van der Waals surface area contributed by atoms with Crippen LogP contribution in [0.4, 0.5) is 0 Å². The molecule has 0 bridgehead atoms. The van der Waals surface area contributed by atoms with Gasteiger partial charge in [-0.3, -0.25) is 14.6 Å². The van der Waals surface area contributed by atoms with Gasteiger partial charge < -0.3 is 10.4 Å². The van der Waals surface area contributed by atoms with Crippen LogP contribution in [0.5, 0.6) is 0 Å². The van der Waals surface area contributed by atoms with Crippen molar-refractivity contribution in [3.8, 4) is 0 Å². The molecule has 0 saturated carbocycles. The van der Waals surface area contributed by atoms with E-state index in [-0.39, 0.29) is 12.3 Å². The summed E-state index contributed by atoms with van der Waals surface area (Å²) in [5, 5.41) is 11.6. The number of carboxylic acid groups (broad SMARTS) is 1. The van der Waals surface area contributed by atoms with Crippen molar-refractivity contribution in [3.63, 3.8) is 0 Å². The summed E-state index contributed by atoms with van der Waals surface area (Å²) in [6.07, 6.45) is 1.61. The van der Waals surface area contributed by atoms with Crippen LogP contribution < -0.4 is 5.32 Å². The number of amides is 1. The number of aliphatic carboxylic acids is 1. The molecule has 2 rings (SSSR count). The molecular weight excluding hydrogens is 196 g/mol. The molecule has 1 aliphatic rings. The smallest absolute Gasteiger partial charge is 0.309 e. The topological polar surface area (TPSA) is 79.3 Å². The van der Waals surface area contributed by atoms with Gasteiger partial charge in [-0.25, -0.2) is 0 Å². The van der Waals surface area contributed by atoms with Gasteiger partial charge in [-0.15, -0.1) is 0 Å². The van der Waals surface area contributed by atoms with Gasteiger partial charge in [-0.1, -0.05) is 6.07 Å². The predicted octanol–water partition coefficient (Wildman–Crippen LogP) is 0.343. The molecule has 0 aliphatic carbocycles. The molecule has 5 nitrogen and oxygen atoms in total. The Kier molecular flexibility index (Phi) is 2.37. The van der Waals surface area contributed by atoms with E-state index in [0.717, 1.165) is 0 Å². The van der Waals surface area contributed by atoms with E-state index < -0.39 is 17.9 Å². The van der Waals surface area contributed by atoms with Gasteiger partial charge in [0.15, 0.2) is 0 Å². The first-order valence-electron chi connectivity index (χ1n) is 4.61. The lowest BCUT2D eigenvalue weighted by atomic mass is 9.98. The molecular formula is C10H10N2O3. The Bertz CT molecular complexity index is 391. The van der Waals surface area contributed by atoms with Crippen LogP contribution in [0.1, 0.15) is 18.2 Å². The van der Waals surface area contributed by atoms with Crippen LogP contribution in [0.3, 0.4) is 0 Å². The third-order valence-corrected chi connectivity index (χ3v) is 2.45. The van der Waals surface area contributed by atoms with E-state index in [4.69, 9.17) is 5.11 Å². The number of hydrogen-bond acceptors (Lipinski definition) is 3. The van der Waals surface area contributed by atoms with Gasteiger partial charge in [0.25, 0.3) is 0 Å². The van der Waals surface area contributed by atoms with Gasteiger partial charge in [0.05, 0.1) is 17.7 Å². The largest absolute Gasteiger partial charge is 0.481 e. The highest BCUT2D eigenvalue weighted by molar-refractivity contribution is 5.87. The summed E-state index contributed by atoms with van der Waals surface area (Å²) in [5.41, 5.74) is 0.593. The highest BCUT2D eigenvalue weighted by Gasteiger charge is 2.39. The third-order valence-electron chi connectivity index (χ3n) is 2.45. The molecule has 78 valence electrons. The van der Waals surface area contributed by atoms with Gasteiger partial charge in [-0.05, 0) is 12.1 Å². The quantitative estimate of drug-likeness (QED) is 0.731. The molecule has 2 atom stereocenters. The first-order valence-corrected chi connectivity index (χ1v) is 4.61. The van der Waals surface area contributed by atoms with E-state index in [1.165, 1.54) is 0 Å². The number of carbonyl (C=O) groups is 2. The Hall–Kier alpha value is -1.91. The summed E-state index contributed by atoms with van der Waals surface area (Å²) in [4.78, 5) is 26.1. The van der Waals surface area contributed by atoms with Gasteiger partial charge in [-0.2, -0.15) is 0 Å².